The molecule has 90 valence electrons. The number of carboxylic acid groups (broad SMARTS) is 1. The second-order valence-electron chi connectivity index (χ2n) is 5.10. The van der Waals surface area contributed by atoms with Crippen LogP contribution in [0.4, 0.5) is 0 Å². The second kappa shape index (κ2) is 4.07. The fourth-order valence-corrected chi connectivity index (χ4v) is 2.90. The Morgan fingerprint density at radius 1 is 1.50 bits per heavy atom. The summed E-state index contributed by atoms with van der Waals surface area (Å²) >= 11 is 0. The van der Waals surface area contributed by atoms with Gasteiger partial charge in [0.2, 0.25) is 6.41 Å². The van der Waals surface area contributed by atoms with Crippen LogP contribution in [0.2, 0.25) is 0 Å². The lowest BCUT2D eigenvalue weighted by atomic mass is 9.93. The maximum absolute atomic E-state index is 11.5. The van der Waals surface area contributed by atoms with Crippen LogP contribution in [0.25, 0.3) is 0 Å². The fourth-order valence-electron chi connectivity index (χ4n) is 2.90. The highest BCUT2D eigenvalue weighted by molar-refractivity contribution is 5.82. The molecule has 0 aromatic rings. The van der Waals surface area contributed by atoms with Crippen LogP contribution in [0.5, 0.6) is 0 Å². The molecule has 1 amide bonds. The van der Waals surface area contributed by atoms with Gasteiger partial charge >= 0.3 is 5.97 Å². The highest BCUT2D eigenvalue weighted by Gasteiger charge is 2.53. The summed E-state index contributed by atoms with van der Waals surface area (Å²) in [6, 6.07) is 0.184. The van der Waals surface area contributed by atoms with Gasteiger partial charge < -0.3 is 10.0 Å². The van der Waals surface area contributed by atoms with E-state index in [1.165, 1.54) is 0 Å². The van der Waals surface area contributed by atoms with Gasteiger partial charge in [0.05, 0.1) is 0 Å². The molecule has 2 unspecified atom stereocenters. The Balaban J connectivity index is 2.21. The van der Waals surface area contributed by atoms with E-state index in [0.717, 1.165) is 32.1 Å². The molecule has 1 N–H and O–H groups in total. The molecule has 0 bridgehead atoms. The molecule has 0 radical (unpaired) electrons. The molecule has 0 aromatic carbocycles. The first-order valence-corrected chi connectivity index (χ1v) is 6.11. The molecule has 2 fully saturated rings. The van der Waals surface area contributed by atoms with Crippen molar-refractivity contribution >= 4 is 12.4 Å². The highest BCUT2D eigenvalue weighted by Crippen LogP contribution is 2.44. The Morgan fingerprint density at radius 2 is 2.19 bits per heavy atom. The van der Waals surface area contributed by atoms with Crippen LogP contribution in [0.3, 0.4) is 0 Å². The van der Waals surface area contributed by atoms with Gasteiger partial charge in [0, 0.05) is 6.04 Å². The zero-order valence-electron chi connectivity index (χ0n) is 9.69. The summed E-state index contributed by atoms with van der Waals surface area (Å²) in [6.45, 7) is 2.09. The Hall–Kier alpha value is -1.06. The van der Waals surface area contributed by atoms with Crippen molar-refractivity contribution < 1.29 is 14.7 Å². The van der Waals surface area contributed by atoms with E-state index in [-0.39, 0.29) is 6.04 Å². The molecule has 2 rings (SSSR count). The van der Waals surface area contributed by atoms with Gasteiger partial charge in [-0.05, 0) is 38.0 Å². The van der Waals surface area contributed by atoms with Crippen molar-refractivity contribution in [3.05, 3.63) is 0 Å². The predicted octanol–water partition coefficient (Wildman–Crippen LogP) is 1.64. The fraction of sp³-hybridized carbons (Fsp3) is 0.833. The number of aliphatic carboxylic acids is 1. The van der Waals surface area contributed by atoms with E-state index in [0.29, 0.717) is 18.8 Å². The van der Waals surface area contributed by atoms with Gasteiger partial charge in [-0.1, -0.05) is 13.3 Å². The summed E-state index contributed by atoms with van der Waals surface area (Å²) in [7, 11) is 0. The summed E-state index contributed by atoms with van der Waals surface area (Å²) in [5, 5.41) is 9.45. The molecule has 0 aliphatic heterocycles. The molecule has 4 heteroatoms. The number of hydrogen-bond donors (Lipinski definition) is 1. The van der Waals surface area contributed by atoms with Crippen LogP contribution in [-0.2, 0) is 9.59 Å². The van der Waals surface area contributed by atoms with E-state index in [4.69, 9.17) is 0 Å². The standard InChI is InChI=1S/C12H19NO3/c1-2-9-5-6-12(7-9,11(15)16)13(8-14)10-3-4-10/h8-10H,2-7H2,1H3,(H,15,16). The van der Waals surface area contributed by atoms with Gasteiger partial charge in [-0.15, -0.1) is 0 Å². The Bertz CT molecular complexity index is 301. The molecule has 2 aliphatic carbocycles. The van der Waals surface area contributed by atoms with Crippen LogP contribution in [0.1, 0.15) is 45.4 Å². The first-order valence-electron chi connectivity index (χ1n) is 6.11. The van der Waals surface area contributed by atoms with Crippen LogP contribution < -0.4 is 0 Å². The van der Waals surface area contributed by atoms with Gasteiger partial charge in [0.25, 0.3) is 0 Å². The smallest absolute Gasteiger partial charge is 0.329 e. The number of hydrogen-bond acceptors (Lipinski definition) is 2. The molecule has 2 aliphatic rings. The number of carbonyl (C=O) groups excluding carboxylic acids is 1. The molecule has 4 nitrogen and oxygen atoms in total. The van der Waals surface area contributed by atoms with Crippen molar-refractivity contribution in [3.8, 4) is 0 Å². The SMILES string of the molecule is CCC1CCC(C(=O)O)(N(C=O)C2CC2)C1. The first-order chi connectivity index (χ1) is 7.64. The first kappa shape index (κ1) is 11.4. The summed E-state index contributed by atoms with van der Waals surface area (Å²) in [5.74, 6) is -0.361. The highest BCUT2D eigenvalue weighted by atomic mass is 16.4. The van der Waals surface area contributed by atoms with E-state index in [2.05, 4.69) is 6.92 Å². The summed E-state index contributed by atoms with van der Waals surface area (Å²) in [4.78, 5) is 24.2. The quantitative estimate of drug-likeness (QED) is 0.724. The van der Waals surface area contributed by atoms with Crippen LogP contribution in [0.15, 0.2) is 0 Å². The predicted molar refractivity (Wildman–Crippen MR) is 58.9 cm³/mol. The number of amides is 1. The number of carboxylic acids is 1. The third kappa shape index (κ3) is 1.70. The van der Waals surface area contributed by atoms with Gasteiger partial charge in [-0.25, -0.2) is 4.79 Å². The van der Waals surface area contributed by atoms with Crippen LogP contribution >= 0.6 is 0 Å². The molecular weight excluding hydrogens is 206 g/mol. The van der Waals surface area contributed by atoms with Crippen molar-refractivity contribution in [1.29, 1.82) is 0 Å². The largest absolute Gasteiger partial charge is 0.479 e. The molecule has 0 saturated heterocycles. The molecule has 2 saturated carbocycles. The van der Waals surface area contributed by atoms with Gasteiger partial charge in [0.1, 0.15) is 5.54 Å². The molecule has 0 aromatic heterocycles. The third-order valence-electron chi connectivity index (χ3n) is 4.12. The summed E-state index contributed by atoms with van der Waals surface area (Å²) < 4.78 is 0. The maximum atomic E-state index is 11.5. The van der Waals surface area contributed by atoms with E-state index in [9.17, 15) is 14.7 Å². The molecule has 0 heterocycles. The van der Waals surface area contributed by atoms with Crippen LogP contribution in [-0.4, -0.2) is 34.0 Å². The maximum Gasteiger partial charge on any atom is 0.329 e. The average molecular weight is 225 g/mol. The molecular formula is C12H19NO3. The lowest BCUT2D eigenvalue weighted by Crippen LogP contribution is -2.53. The topological polar surface area (TPSA) is 57.6 Å². The molecule has 2 atom stereocenters. The Labute approximate surface area is 95.6 Å². The Kier molecular flexibility index (Phi) is 2.91. The van der Waals surface area contributed by atoms with Crippen molar-refractivity contribution in [3.63, 3.8) is 0 Å². The normalized spacial score (nSPS) is 33.7. The second-order valence-corrected chi connectivity index (χ2v) is 5.10. The minimum atomic E-state index is -0.899. The lowest BCUT2D eigenvalue weighted by Gasteiger charge is -2.35. The average Bonchev–Trinajstić information content (AvgIpc) is 2.98. The number of nitrogens with zero attached hydrogens (tertiary/aromatic N) is 1. The number of carbonyl (C=O) groups is 2. The zero-order valence-corrected chi connectivity index (χ0v) is 9.69. The summed E-state index contributed by atoms with van der Waals surface area (Å²) in [6.07, 6.45) is 5.87. The van der Waals surface area contributed by atoms with Crippen molar-refractivity contribution in [2.24, 2.45) is 5.92 Å². The van der Waals surface area contributed by atoms with E-state index in [1.54, 1.807) is 4.90 Å². The van der Waals surface area contributed by atoms with E-state index >= 15 is 0 Å². The van der Waals surface area contributed by atoms with Crippen molar-refractivity contribution in [2.75, 3.05) is 0 Å². The van der Waals surface area contributed by atoms with Crippen molar-refractivity contribution in [2.45, 2.75) is 57.0 Å². The third-order valence-corrected chi connectivity index (χ3v) is 4.12. The van der Waals surface area contributed by atoms with Gasteiger partial charge in [0.15, 0.2) is 0 Å². The van der Waals surface area contributed by atoms with E-state index in [1.807, 2.05) is 0 Å². The minimum Gasteiger partial charge on any atom is -0.479 e. The lowest BCUT2D eigenvalue weighted by molar-refractivity contribution is -0.155. The number of rotatable bonds is 5. The minimum absolute atomic E-state index is 0.184. The van der Waals surface area contributed by atoms with Crippen molar-refractivity contribution in [1.82, 2.24) is 4.90 Å². The monoisotopic (exact) mass is 225 g/mol. The van der Waals surface area contributed by atoms with Crippen LogP contribution in [0, 0.1) is 5.92 Å². The Morgan fingerprint density at radius 3 is 2.56 bits per heavy atom. The summed E-state index contributed by atoms with van der Waals surface area (Å²) in [5.41, 5.74) is -0.899. The van der Waals surface area contributed by atoms with E-state index < -0.39 is 11.5 Å². The zero-order chi connectivity index (χ0) is 11.8. The van der Waals surface area contributed by atoms with Gasteiger partial charge in [-0.2, -0.15) is 0 Å². The van der Waals surface area contributed by atoms with Gasteiger partial charge in [-0.3, -0.25) is 4.79 Å². The molecule has 0 spiro atoms. The molecule has 16 heavy (non-hydrogen) atoms.